The van der Waals surface area contributed by atoms with E-state index < -0.39 is 17.3 Å². The molecule has 0 bridgehead atoms. The molecule has 0 spiro atoms. The number of hydrogen-bond donors (Lipinski definition) is 2. The zero-order chi connectivity index (χ0) is 16.1. The van der Waals surface area contributed by atoms with E-state index in [0.717, 1.165) is 0 Å². The van der Waals surface area contributed by atoms with Crippen LogP contribution < -0.4 is 0 Å². The van der Waals surface area contributed by atoms with Crippen molar-refractivity contribution in [2.75, 3.05) is 13.9 Å². The van der Waals surface area contributed by atoms with E-state index in [4.69, 9.17) is 14.2 Å². The normalized spacial score (nSPS) is 33.6. The largest absolute Gasteiger partial charge is 0.393 e. The maximum atomic E-state index is 10.9. The Hall–Kier alpha value is -0.460. The van der Waals surface area contributed by atoms with E-state index in [1.807, 2.05) is 20.8 Å². The molecule has 0 saturated carbocycles. The molecular weight excluding hydrogens is 272 g/mol. The van der Waals surface area contributed by atoms with Crippen molar-refractivity contribution in [1.82, 2.24) is 0 Å². The first kappa shape index (κ1) is 18.6. The highest BCUT2D eigenvalue weighted by atomic mass is 16.7. The highest BCUT2D eigenvalue weighted by molar-refractivity contribution is 5.00. The Morgan fingerprint density at radius 3 is 2.67 bits per heavy atom. The second kappa shape index (κ2) is 7.70. The summed E-state index contributed by atoms with van der Waals surface area (Å²) in [5.74, 6) is -1.36. The zero-order valence-corrected chi connectivity index (χ0v) is 13.7. The summed E-state index contributed by atoms with van der Waals surface area (Å²) in [6.07, 6.45) is 2.81. The Balaban J connectivity index is 2.92. The maximum Gasteiger partial charge on any atom is 0.176 e. The van der Waals surface area contributed by atoms with Gasteiger partial charge >= 0.3 is 0 Å². The average Bonchev–Trinajstić information content (AvgIpc) is 2.41. The van der Waals surface area contributed by atoms with Crippen molar-refractivity contribution in [1.29, 1.82) is 0 Å². The molecule has 0 aromatic rings. The van der Waals surface area contributed by atoms with E-state index in [2.05, 4.69) is 6.58 Å². The summed E-state index contributed by atoms with van der Waals surface area (Å²) in [7, 11) is 1.57. The highest BCUT2D eigenvalue weighted by Gasteiger charge is 2.55. The van der Waals surface area contributed by atoms with Crippen LogP contribution in [0.2, 0.25) is 0 Å². The summed E-state index contributed by atoms with van der Waals surface area (Å²) in [6, 6.07) is 0. The molecular formula is C16H30O5. The van der Waals surface area contributed by atoms with E-state index in [9.17, 15) is 10.2 Å². The fourth-order valence-corrected chi connectivity index (χ4v) is 2.81. The quantitative estimate of drug-likeness (QED) is 0.531. The highest BCUT2D eigenvalue weighted by Crippen LogP contribution is 2.47. The molecule has 0 amide bonds. The van der Waals surface area contributed by atoms with Crippen molar-refractivity contribution in [3.05, 3.63) is 12.7 Å². The van der Waals surface area contributed by atoms with Gasteiger partial charge in [0.2, 0.25) is 0 Å². The molecule has 2 N–H and O–H groups in total. The van der Waals surface area contributed by atoms with E-state index in [1.165, 1.54) is 0 Å². The molecule has 1 aliphatic rings. The molecule has 1 fully saturated rings. The first-order valence-electron chi connectivity index (χ1n) is 7.60. The SMILES string of the molecule is C=CCC1(O)O[C@H](C[C@H](O)CC)C[C@H](OCOC)C1(C)C. The predicted molar refractivity (Wildman–Crippen MR) is 80.7 cm³/mol. The van der Waals surface area contributed by atoms with Crippen LogP contribution in [0.3, 0.4) is 0 Å². The van der Waals surface area contributed by atoms with Gasteiger partial charge in [0.15, 0.2) is 5.79 Å². The van der Waals surface area contributed by atoms with E-state index >= 15 is 0 Å². The van der Waals surface area contributed by atoms with E-state index in [0.29, 0.717) is 25.7 Å². The lowest BCUT2D eigenvalue weighted by molar-refractivity contribution is -0.345. The molecule has 0 aliphatic carbocycles. The summed E-state index contributed by atoms with van der Waals surface area (Å²) < 4.78 is 16.7. The van der Waals surface area contributed by atoms with Crippen LogP contribution in [0.1, 0.15) is 46.5 Å². The van der Waals surface area contributed by atoms with Gasteiger partial charge in [0.1, 0.15) is 6.79 Å². The Bertz CT molecular complexity index is 331. The van der Waals surface area contributed by atoms with Crippen molar-refractivity contribution in [2.24, 2.45) is 5.41 Å². The zero-order valence-electron chi connectivity index (χ0n) is 13.7. The van der Waals surface area contributed by atoms with Crippen LogP contribution in [0.25, 0.3) is 0 Å². The van der Waals surface area contributed by atoms with Crippen LogP contribution in [0.5, 0.6) is 0 Å². The Morgan fingerprint density at radius 1 is 1.48 bits per heavy atom. The maximum absolute atomic E-state index is 10.9. The number of ether oxygens (including phenoxy) is 3. The summed E-state index contributed by atoms with van der Waals surface area (Å²) in [4.78, 5) is 0. The second-order valence-electron chi connectivity index (χ2n) is 6.33. The molecule has 5 nitrogen and oxygen atoms in total. The number of methoxy groups -OCH3 is 1. The van der Waals surface area contributed by atoms with E-state index in [-0.39, 0.29) is 19.0 Å². The molecule has 0 aromatic carbocycles. The Kier molecular flexibility index (Phi) is 6.81. The van der Waals surface area contributed by atoms with Crippen LogP contribution in [-0.4, -0.2) is 48.2 Å². The van der Waals surface area contributed by atoms with Crippen LogP contribution in [-0.2, 0) is 14.2 Å². The lowest BCUT2D eigenvalue weighted by Gasteiger charge is -2.52. The van der Waals surface area contributed by atoms with Gasteiger partial charge in [-0.15, -0.1) is 6.58 Å². The third kappa shape index (κ3) is 4.27. The van der Waals surface area contributed by atoms with Gasteiger partial charge < -0.3 is 24.4 Å². The minimum absolute atomic E-state index is 0.168. The predicted octanol–water partition coefficient (Wildman–Crippen LogP) is 2.22. The van der Waals surface area contributed by atoms with Crippen molar-refractivity contribution in [3.8, 4) is 0 Å². The minimum Gasteiger partial charge on any atom is -0.393 e. The Labute approximate surface area is 127 Å². The smallest absolute Gasteiger partial charge is 0.176 e. The summed E-state index contributed by atoms with van der Waals surface area (Å²) in [6.45, 7) is 9.63. The number of aliphatic hydroxyl groups is 2. The molecule has 21 heavy (non-hydrogen) atoms. The summed E-state index contributed by atoms with van der Waals surface area (Å²) in [5, 5.41) is 20.8. The Morgan fingerprint density at radius 2 is 2.14 bits per heavy atom. The van der Waals surface area contributed by atoms with Gasteiger partial charge in [-0.1, -0.05) is 26.8 Å². The van der Waals surface area contributed by atoms with Gasteiger partial charge in [0, 0.05) is 25.4 Å². The number of aliphatic hydroxyl groups excluding tert-OH is 1. The first-order valence-corrected chi connectivity index (χ1v) is 7.60. The standard InChI is InChI=1S/C16H30O5/c1-6-8-16(18)15(3,4)14(20-11-19-5)10-13(21-16)9-12(17)7-2/h6,12-14,17-18H,1,7-11H2,2-5H3/t12-,13-,14+,16?/m1/s1. The van der Waals surface area contributed by atoms with Crippen molar-refractivity contribution >= 4 is 0 Å². The van der Waals surface area contributed by atoms with Gasteiger partial charge in [-0.3, -0.25) is 0 Å². The van der Waals surface area contributed by atoms with Crippen LogP contribution in [0.4, 0.5) is 0 Å². The van der Waals surface area contributed by atoms with Gasteiger partial charge in [0.05, 0.1) is 18.3 Å². The monoisotopic (exact) mass is 302 g/mol. The van der Waals surface area contributed by atoms with Gasteiger partial charge in [0.25, 0.3) is 0 Å². The third-order valence-corrected chi connectivity index (χ3v) is 4.46. The molecule has 1 aliphatic heterocycles. The fourth-order valence-electron chi connectivity index (χ4n) is 2.81. The fraction of sp³-hybridized carbons (Fsp3) is 0.875. The second-order valence-corrected chi connectivity index (χ2v) is 6.33. The van der Waals surface area contributed by atoms with Crippen molar-refractivity contribution < 1.29 is 24.4 Å². The lowest BCUT2D eigenvalue weighted by Crippen LogP contribution is -2.60. The van der Waals surface area contributed by atoms with E-state index in [1.54, 1.807) is 13.2 Å². The molecule has 1 heterocycles. The summed E-state index contributed by atoms with van der Waals surface area (Å²) in [5.41, 5.74) is -0.604. The van der Waals surface area contributed by atoms with Crippen LogP contribution in [0, 0.1) is 5.41 Å². The molecule has 124 valence electrons. The molecule has 0 radical (unpaired) electrons. The molecule has 1 unspecified atom stereocenters. The van der Waals surface area contributed by atoms with Crippen LogP contribution >= 0.6 is 0 Å². The first-order chi connectivity index (χ1) is 9.80. The molecule has 0 aromatic heterocycles. The molecule has 4 atom stereocenters. The molecule has 1 rings (SSSR count). The van der Waals surface area contributed by atoms with Crippen molar-refractivity contribution in [2.45, 2.75) is 70.6 Å². The number of rotatable bonds is 8. The third-order valence-electron chi connectivity index (χ3n) is 4.46. The van der Waals surface area contributed by atoms with Crippen molar-refractivity contribution in [3.63, 3.8) is 0 Å². The molecule has 1 saturated heterocycles. The van der Waals surface area contributed by atoms with Gasteiger partial charge in [-0.05, 0) is 12.8 Å². The van der Waals surface area contributed by atoms with Gasteiger partial charge in [-0.2, -0.15) is 0 Å². The topological polar surface area (TPSA) is 68.2 Å². The number of hydrogen-bond acceptors (Lipinski definition) is 5. The minimum atomic E-state index is -1.36. The lowest BCUT2D eigenvalue weighted by atomic mass is 9.71. The van der Waals surface area contributed by atoms with Gasteiger partial charge in [-0.25, -0.2) is 0 Å². The van der Waals surface area contributed by atoms with Crippen LogP contribution in [0.15, 0.2) is 12.7 Å². The molecule has 5 heteroatoms. The average molecular weight is 302 g/mol. The summed E-state index contributed by atoms with van der Waals surface area (Å²) >= 11 is 0.